The molecule has 0 radical (unpaired) electrons. The summed E-state index contributed by atoms with van der Waals surface area (Å²) in [5.41, 5.74) is 7.40. The van der Waals surface area contributed by atoms with E-state index in [1.807, 2.05) is 42.5 Å². The SMILES string of the molecule is COc1ccc(C(=O)NC(=S)NNC(=O)COc2ccc(-c3ccccc3)cc2)cc1. The lowest BCUT2D eigenvalue weighted by atomic mass is 10.1. The van der Waals surface area contributed by atoms with Crippen molar-refractivity contribution in [3.05, 3.63) is 84.4 Å². The lowest BCUT2D eigenvalue weighted by molar-refractivity contribution is -0.123. The first kappa shape index (κ1) is 21.8. The summed E-state index contributed by atoms with van der Waals surface area (Å²) in [6.45, 7) is -0.216. The molecule has 7 nitrogen and oxygen atoms in total. The first-order valence-corrected chi connectivity index (χ1v) is 9.78. The summed E-state index contributed by atoms with van der Waals surface area (Å²) in [4.78, 5) is 24.1. The van der Waals surface area contributed by atoms with Crippen LogP contribution in [0, 0.1) is 0 Å². The largest absolute Gasteiger partial charge is 0.497 e. The molecule has 3 rings (SSSR count). The summed E-state index contributed by atoms with van der Waals surface area (Å²) >= 11 is 5.01. The van der Waals surface area contributed by atoms with Crippen molar-refractivity contribution in [2.45, 2.75) is 0 Å². The predicted molar refractivity (Wildman–Crippen MR) is 122 cm³/mol. The van der Waals surface area contributed by atoms with Crippen molar-refractivity contribution >= 4 is 29.1 Å². The zero-order valence-corrected chi connectivity index (χ0v) is 17.6. The van der Waals surface area contributed by atoms with Crippen molar-refractivity contribution < 1.29 is 19.1 Å². The maximum atomic E-state index is 12.1. The average molecular weight is 436 g/mol. The molecular weight excluding hydrogens is 414 g/mol. The van der Waals surface area contributed by atoms with E-state index < -0.39 is 11.8 Å². The molecule has 3 N–H and O–H groups in total. The van der Waals surface area contributed by atoms with Crippen LogP contribution in [0.5, 0.6) is 11.5 Å². The van der Waals surface area contributed by atoms with Crippen LogP contribution in [0.2, 0.25) is 0 Å². The van der Waals surface area contributed by atoms with Gasteiger partial charge in [0, 0.05) is 5.56 Å². The number of methoxy groups -OCH3 is 1. The van der Waals surface area contributed by atoms with Gasteiger partial charge in [0.05, 0.1) is 7.11 Å². The third-order valence-electron chi connectivity index (χ3n) is 4.23. The number of hydrazine groups is 1. The maximum Gasteiger partial charge on any atom is 0.276 e. The van der Waals surface area contributed by atoms with Gasteiger partial charge in [-0.25, -0.2) is 0 Å². The molecule has 0 fully saturated rings. The van der Waals surface area contributed by atoms with Gasteiger partial charge in [-0.1, -0.05) is 42.5 Å². The van der Waals surface area contributed by atoms with Gasteiger partial charge < -0.3 is 9.47 Å². The third kappa shape index (κ3) is 6.55. The highest BCUT2D eigenvalue weighted by Gasteiger charge is 2.09. The number of hydrogen-bond acceptors (Lipinski definition) is 5. The molecule has 0 atom stereocenters. The Balaban J connectivity index is 1.40. The molecular formula is C23H21N3O4S. The van der Waals surface area contributed by atoms with Crippen LogP contribution in [0.4, 0.5) is 0 Å². The number of hydrogen-bond donors (Lipinski definition) is 3. The second kappa shape index (κ2) is 10.7. The van der Waals surface area contributed by atoms with Gasteiger partial charge in [-0.05, 0) is 59.7 Å². The summed E-state index contributed by atoms with van der Waals surface area (Å²) in [5.74, 6) is 0.335. The fourth-order valence-corrected chi connectivity index (χ4v) is 2.78. The first-order chi connectivity index (χ1) is 15.0. The van der Waals surface area contributed by atoms with Crippen LogP contribution in [-0.2, 0) is 4.79 Å². The van der Waals surface area contributed by atoms with Gasteiger partial charge in [0.2, 0.25) is 0 Å². The Morgan fingerprint density at radius 1 is 0.806 bits per heavy atom. The van der Waals surface area contributed by atoms with E-state index in [4.69, 9.17) is 21.7 Å². The van der Waals surface area contributed by atoms with E-state index in [9.17, 15) is 9.59 Å². The van der Waals surface area contributed by atoms with Crippen molar-refractivity contribution in [1.82, 2.24) is 16.2 Å². The molecule has 0 bridgehead atoms. The van der Waals surface area contributed by atoms with Gasteiger partial charge >= 0.3 is 0 Å². The number of nitrogens with one attached hydrogen (secondary N) is 3. The van der Waals surface area contributed by atoms with Crippen LogP contribution >= 0.6 is 12.2 Å². The Hall–Kier alpha value is -3.91. The molecule has 0 spiro atoms. The number of thiocarbonyl (C=S) groups is 1. The predicted octanol–water partition coefficient (Wildman–Crippen LogP) is 3.08. The van der Waals surface area contributed by atoms with Crippen molar-refractivity contribution in [2.24, 2.45) is 0 Å². The lowest BCUT2D eigenvalue weighted by Gasteiger charge is -2.12. The first-order valence-electron chi connectivity index (χ1n) is 9.37. The molecule has 8 heteroatoms. The van der Waals surface area contributed by atoms with Crippen molar-refractivity contribution in [1.29, 1.82) is 0 Å². The van der Waals surface area contributed by atoms with Gasteiger partial charge in [0.25, 0.3) is 11.8 Å². The molecule has 3 aromatic carbocycles. The monoisotopic (exact) mass is 435 g/mol. The smallest absolute Gasteiger partial charge is 0.276 e. The quantitative estimate of drug-likeness (QED) is 0.407. The van der Waals surface area contributed by atoms with E-state index in [1.54, 1.807) is 43.5 Å². The van der Waals surface area contributed by atoms with Crippen LogP contribution in [-0.4, -0.2) is 30.6 Å². The van der Waals surface area contributed by atoms with Gasteiger partial charge in [0.15, 0.2) is 11.7 Å². The topological polar surface area (TPSA) is 88.7 Å². The Morgan fingerprint density at radius 2 is 1.42 bits per heavy atom. The Labute approximate surface area is 185 Å². The molecule has 0 aliphatic carbocycles. The standard InChI is InChI=1S/C23H21N3O4S/c1-29-19-11-9-18(10-12-19)22(28)24-23(31)26-25-21(27)15-30-20-13-7-17(8-14-20)16-5-3-2-4-6-16/h2-14H,15H2,1H3,(H,25,27)(H2,24,26,28,31). The Morgan fingerprint density at radius 3 is 2.06 bits per heavy atom. The second-order valence-corrected chi connectivity index (χ2v) is 6.77. The van der Waals surface area contributed by atoms with Crippen LogP contribution in [0.25, 0.3) is 11.1 Å². The highest BCUT2D eigenvalue weighted by Crippen LogP contribution is 2.21. The van der Waals surface area contributed by atoms with E-state index in [2.05, 4.69) is 16.2 Å². The number of carbonyl (C=O) groups is 2. The second-order valence-electron chi connectivity index (χ2n) is 6.36. The summed E-state index contributed by atoms with van der Waals surface area (Å²) < 4.78 is 10.5. The molecule has 3 aromatic rings. The number of amides is 2. The van der Waals surface area contributed by atoms with Gasteiger partial charge in [-0.15, -0.1) is 0 Å². The maximum absolute atomic E-state index is 12.1. The van der Waals surface area contributed by atoms with Crippen LogP contribution in [0.15, 0.2) is 78.9 Å². The highest BCUT2D eigenvalue weighted by atomic mass is 32.1. The molecule has 0 aromatic heterocycles. The lowest BCUT2D eigenvalue weighted by Crippen LogP contribution is -2.49. The number of benzene rings is 3. The van der Waals surface area contributed by atoms with Crippen molar-refractivity contribution in [3.63, 3.8) is 0 Å². The molecule has 0 aliphatic heterocycles. The van der Waals surface area contributed by atoms with E-state index in [0.29, 0.717) is 17.1 Å². The van der Waals surface area contributed by atoms with Crippen molar-refractivity contribution in [3.8, 4) is 22.6 Å². The molecule has 0 saturated heterocycles. The minimum absolute atomic E-state index is 0.0404. The van der Waals surface area contributed by atoms with E-state index in [-0.39, 0.29) is 11.7 Å². The summed E-state index contributed by atoms with van der Waals surface area (Å²) in [5, 5.41) is 2.43. The summed E-state index contributed by atoms with van der Waals surface area (Å²) in [7, 11) is 1.54. The van der Waals surface area contributed by atoms with Gasteiger partial charge in [-0.3, -0.25) is 25.8 Å². The van der Waals surface area contributed by atoms with Crippen LogP contribution in [0.3, 0.4) is 0 Å². The van der Waals surface area contributed by atoms with Crippen LogP contribution < -0.4 is 25.6 Å². The summed E-state index contributed by atoms with van der Waals surface area (Å²) in [6.07, 6.45) is 0. The molecule has 31 heavy (non-hydrogen) atoms. The minimum Gasteiger partial charge on any atom is -0.497 e. The zero-order valence-electron chi connectivity index (χ0n) is 16.8. The van der Waals surface area contributed by atoms with Gasteiger partial charge in [-0.2, -0.15) is 0 Å². The van der Waals surface area contributed by atoms with E-state index in [1.165, 1.54) is 0 Å². The molecule has 0 heterocycles. The van der Waals surface area contributed by atoms with Crippen LogP contribution in [0.1, 0.15) is 10.4 Å². The number of ether oxygens (including phenoxy) is 2. The average Bonchev–Trinajstić information content (AvgIpc) is 2.82. The molecule has 0 unspecified atom stereocenters. The Bertz CT molecular complexity index is 1040. The van der Waals surface area contributed by atoms with E-state index in [0.717, 1.165) is 11.1 Å². The Kier molecular flexibility index (Phi) is 7.56. The highest BCUT2D eigenvalue weighted by molar-refractivity contribution is 7.80. The van der Waals surface area contributed by atoms with Gasteiger partial charge in [0.1, 0.15) is 11.5 Å². The van der Waals surface area contributed by atoms with E-state index >= 15 is 0 Å². The number of rotatable bonds is 6. The molecule has 2 amide bonds. The fourth-order valence-electron chi connectivity index (χ4n) is 2.63. The summed E-state index contributed by atoms with van der Waals surface area (Å²) in [6, 6.07) is 23.9. The van der Waals surface area contributed by atoms with Crippen molar-refractivity contribution in [2.75, 3.05) is 13.7 Å². The number of carbonyl (C=O) groups excluding carboxylic acids is 2. The molecule has 158 valence electrons. The zero-order chi connectivity index (χ0) is 22.1. The fraction of sp³-hybridized carbons (Fsp3) is 0.0870. The third-order valence-corrected chi connectivity index (χ3v) is 4.43. The normalized spacial score (nSPS) is 9.97. The molecule has 0 saturated carbocycles. The molecule has 0 aliphatic rings. The minimum atomic E-state index is -0.451.